The zero-order valence-corrected chi connectivity index (χ0v) is 13.4. The van der Waals surface area contributed by atoms with Crippen molar-refractivity contribution in [1.29, 1.82) is 0 Å². The molecule has 0 N–H and O–H groups in total. The molecule has 1 saturated heterocycles. The minimum absolute atomic E-state index is 0.00926. The van der Waals surface area contributed by atoms with Crippen LogP contribution in [0, 0.1) is 0 Å². The molecule has 0 aliphatic carbocycles. The van der Waals surface area contributed by atoms with Gasteiger partial charge in [-0.25, -0.2) is 0 Å². The highest BCUT2D eigenvalue weighted by molar-refractivity contribution is 5.98. The number of carbonyl (C=O) groups is 1. The molecule has 1 aromatic heterocycles. The van der Waals surface area contributed by atoms with Crippen molar-refractivity contribution in [3.63, 3.8) is 0 Å². The van der Waals surface area contributed by atoms with Gasteiger partial charge in [0.05, 0.1) is 18.4 Å². The number of fused-ring (bicyclic) bond motifs is 1. The van der Waals surface area contributed by atoms with Crippen LogP contribution in [-0.4, -0.2) is 55.1 Å². The Morgan fingerprint density at radius 3 is 2.62 bits per heavy atom. The number of piperazine rings is 1. The van der Waals surface area contributed by atoms with Gasteiger partial charge in [-0.2, -0.15) is 0 Å². The molecule has 6 nitrogen and oxygen atoms in total. The topological polar surface area (TPSA) is 55.2 Å². The molecule has 0 saturated carbocycles. The first-order valence-corrected chi connectivity index (χ1v) is 8.24. The number of ether oxygens (including phenoxy) is 2. The molecule has 0 unspecified atom stereocenters. The van der Waals surface area contributed by atoms with Gasteiger partial charge in [0, 0.05) is 26.2 Å². The van der Waals surface area contributed by atoms with Crippen molar-refractivity contribution < 1.29 is 18.7 Å². The van der Waals surface area contributed by atoms with Gasteiger partial charge in [-0.3, -0.25) is 9.69 Å². The minimum Gasteiger partial charge on any atom is -0.486 e. The molecular formula is C18H20N2O4. The van der Waals surface area contributed by atoms with Crippen LogP contribution in [0.15, 0.2) is 41.0 Å². The van der Waals surface area contributed by atoms with E-state index in [-0.39, 0.29) is 5.91 Å². The monoisotopic (exact) mass is 328 g/mol. The van der Waals surface area contributed by atoms with Crippen molar-refractivity contribution in [1.82, 2.24) is 9.80 Å². The largest absolute Gasteiger partial charge is 0.486 e. The molecule has 1 aromatic carbocycles. The average molecular weight is 328 g/mol. The van der Waals surface area contributed by atoms with Gasteiger partial charge in [0.2, 0.25) is 0 Å². The van der Waals surface area contributed by atoms with Crippen LogP contribution in [0.4, 0.5) is 0 Å². The summed E-state index contributed by atoms with van der Waals surface area (Å²) in [4.78, 5) is 17.0. The molecule has 1 amide bonds. The number of amides is 1. The number of furan rings is 1. The predicted octanol–water partition coefficient (Wildman–Crippen LogP) is 2.01. The summed E-state index contributed by atoms with van der Waals surface area (Å²) >= 11 is 0. The lowest BCUT2D eigenvalue weighted by atomic mass is 10.1. The second-order valence-corrected chi connectivity index (χ2v) is 5.98. The highest BCUT2D eigenvalue weighted by Gasteiger charge is 2.27. The molecule has 2 aromatic rings. The molecule has 2 aliphatic rings. The minimum atomic E-state index is 0.00926. The molecule has 0 atom stereocenters. The molecule has 4 rings (SSSR count). The van der Waals surface area contributed by atoms with Gasteiger partial charge < -0.3 is 18.8 Å². The average Bonchev–Trinajstić information content (AvgIpc) is 3.14. The van der Waals surface area contributed by atoms with Crippen molar-refractivity contribution in [2.75, 3.05) is 39.4 Å². The fourth-order valence-corrected chi connectivity index (χ4v) is 3.14. The highest BCUT2D eigenvalue weighted by atomic mass is 16.6. The smallest absolute Gasteiger partial charge is 0.257 e. The lowest BCUT2D eigenvalue weighted by Crippen LogP contribution is -2.48. The fraction of sp³-hybridized carbons (Fsp3) is 0.389. The van der Waals surface area contributed by atoms with Crippen molar-refractivity contribution in [2.24, 2.45) is 0 Å². The first kappa shape index (κ1) is 15.1. The second kappa shape index (κ2) is 6.57. The molecule has 0 spiro atoms. The lowest BCUT2D eigenvalue weighted by molar-refractivity contribution is 0.0611. The van der Waals surface area contributed by atoms with Crippen molar-refractivity contribution >= 4 is 5.91 Å². The molecule has 24 heavy (non-hydrogen) atoms. The Morgan fingerprint density at radius 2 is 1.83 bits per heavy atom. The summed E-state index contributed by atoms with van der Waals surface area (Å²) < 4.78 is 16.6. The third-order valence-corrected chi connectivity index (χ3v) is 4.42. The van der Waals surface area contributed by atoms with E-state index in [1.54, 1.807) is 6.26 Å². The van der Waals surface area contributed by atoms with Crippen LogP contribution >= 0.6 is 0 Å². The summed E-state index contributed by atoms with van der Waals surface area (Å²) in [5.74, 6) is 2.20. The normalized spacial score (nSPS) is 17.8. The number of hydrogen-bond donors (Lipinski definition) is 0. The first-order valence-electron chi connectivity index (χ1n) is 8.24. The first-order chi connectivity index (χ1) is 11.8. The number of carbonyl (C=O) groups excluding carboxylic acids is 1. The van der Waals surface area contributed by atoms with Crippen LogP contribution in [0.2, 0.25) is 0 Å². The molecule has 126 valence electrons. The van der Waals surface area contributed by atoms with Crippen LogP contribution < -0.4 is 9.47 Å². The van der Waals surface area contributed by atoms with E-state index in [4.69, 9.17) is 13.9 Å². The zero-order chi connectivity index (χ0) is 16.4. The Hall–Kier alpha value is -2.47. The van der Waals surface area contributed by atoms with Crippen molar-refractivity contribution in [3.8, 4) is 11.5 Å². The maximum atomic E-state index is 12.8. The Balaban J connectivity index is 1.41. The molecule has 3 heterocycles. The maximum absolute atomic E-state index is 12.8. The van der Waals surface area contributed by atoms with Crippen LogP contribution in [0.25, 0.3) is 0 Å². The van der Waals surface area contributed by atoms with Crippen molar-refractivity contribution in [3.05, 3.63) is 47.9 Å². The Kier molecular flexibility index (Phi) is 4.13. The van der Waals surface area contributed by atoms with E-state index in [2.05, 4.69) is 4.90 Å². The third kappa shape index (κ3) is 2.97. The Morgan fingerprint density at radius 1 is 1.00 bits per heavy atom. The van der Waals surface area contributed by atoms with Gasteiger partial charge in [-0.05, 0) is 24.3 Å². The molecule has 6 heteroatoms. The summed E-state index contributed by atoms with van der Waals surface area (Å²) in [6, 6.07) is 9.37. The molecule has 0 radical (unpaired) electrons. The standard InChI is InChI=1S/C18H20N2O4/c21-18(15-4-1-5-16-17(15)24-12-11-23-16)20-8-6-19(7-9-20)13-14-3-2-10-22-14/h1-5,10H,6-9,11-13H2. The van der Waals surface area contributed by atoms with Crippen molar-refractivity contribution in [2.45, 2.75) is 6.54 Å². The van der Waals surface area contributed by atoms with E-state index < -0.39 is 0 Å². The van der Waals surface area contributed by atoms with Crippen LogP contribution in [0.3, 0.4) is 0 Å². The van der Waals surface area contributed by atoms with E-state index in [1.807, 2.05) is 35.2 Å². The molecule has 2 aliphatic heterocycles. The number of hydrogen-bond acceptors (Lipinski definition) is 5. The maximum Gasteiger partial charge on any atom is 0.257 e. The quantitative estimate of drug-likeness (QED) is 0.863. The van der Waals surface area contributed by atoms with E-state index in [9.17, 15) is 4.79 Å². The van der Waals surface area contributed by atoms with Gasteiger partial charge >= 0.3 is 0 Å². The number of nitrogens with zero attached hydrogens (tertiary/aromatic N) is 2. The Labute approximate surface area is 140 Å². The van der Waals surface area contributed by atoms with Crippen LogP contribution in [0.5, 0.6) is 11.5 Å². The number of rotatable bonds is 3. The molecule has 0 bridgehead atoms. The predicted molar refractivity (Wildman–Crippen MR) is 87.3 cm³/mol. The van der Waals surface area contributed by atoms with Gasteiger partial charge in [0.15, 0.2) is 11.5 Å². The summed E-state index contributed by atoms with van der Waals surface area (Å²) in [6.07, 6.45) is 1.69. The summed E-state index contributed by atoms with van der Waals surface area (Å²) in [6.45, 7) is 4.85. The van der Waals surface area contributed by atoms with Gasteiger partial charge in [0.1, 0.15) is 19.0 Å². The second-order valence-electron chi connectivity index (χ2n) is 5.98. The van der Waals surface area contributed by atoms with Gasteiger partial charge in [0.25, 0.3) is 5.91 Å². The van der Waals surface area contributed by atoms with Gasteiger partial charge in [-0.15, -0.1) is 0 Å². The van der Waals surface area contributed by atoms with E-state index >= 15 is 0 Å². The summed E-state index contributed by atoms with van der Waals surface area (Å²) in [5, 5.41) is 0. The Bertz CT molecular complexity index is 706. The summed E-state index contributed by atoms with van der Waals surface area (Å²) in [7, 11) is 0. The van der Waals surface area contributed by atoms with Crippen LogP contribution in [0.1, 0.15) is 16.1 Å². The SMILES string of the molecule is O=C(c1cccc2c1OCCO2)N1CCN(Cc2ccco2)CC1. The van der Waals surface area contributed by atoms with Gasteiger partial charge in [-0.1, -0.05) is 6.07 Å². The van der Waals surface area contributed by atoms with E-state index in [0.29, 0.717) is 43.4 Å². The lowest BCUT2D eigenvalue weighted by Gasteiger charge is -2.34. The summed E-state index contributed by atoms with van der Waals surface area (Å²) in [5.41, 5.74) is 0.590. The molecular weight excluding hydrogens is 308 g/mol. The van der Waals surface area contributed by atoms with Crippen LogP contribution in [-0.2, 0) is 6.54 Å². The fourth-order valence-electron chi connectivity index (χ4n) is 3.14. The number of para-hydroxylation sites is 1. The third-order valence-electron chi connectivity index (χ3n) is 4.42. The van der Waals surface area contributed by atoms with E-state index in [0.717, 1.165) is 25.4 Å². The van der Waals surface area contributed by atoms with E-state index in [1.165, 1.54) is 0 Å². The highest BCUT2D eigenvalue weighted by Crippen LogP contribution is 2.34. The number of benzene rings is 1. The molecule has 1 fully saturated rings. The zero-order valence-electron chi connectivity index (χ0n) is 13.4.